The van der Waals surface area contributed by atoms with E-state index < -0.39 is 17.7 Å². The highest BCUT2D eigenvalue weighted by atomic mass is 16.5. The highest BCUT2D eigenvalue weighted by Crippen LogP contribution is 2.39. The number of carbonyl (C=O) groups is 1. The van der Waals surface area contributed by atoms with Gasteiger partial charge in [0.15, 0.2) is 0 Å². The lowest BCUT2D eigenvalue weighted by molar-refractivity contribution is -0.119. The molecule has 8 nitrogen and oxygen atoms in total. The van der Waals surface area contributed by atoms with Gasteiger partial charge < -0.3 is 15.0 Å². The van der Waals surface area contributed by atoms with Crippen molar-refractivity contribution >= 4 is 17.7 Å². The van der Waals surface area contributed by atoms with Gasteiger partial charge in [0.25, 0.3) is 5.56 Å². The smallest absolute Gasteiger partial charge is 0.258 e. The summed E-state index contributed by atoms with van der Waals surface area (Å²) in [6.45, 7) is 6.87. The van der Waals surface area contributed by atoms with Gasteiger partial charge in [-0.05, 0) is 57.2 Å². The molecule has 1 aromatic heterocycles. The Balaban J connectivity index is 1.77. The minimum atomic E-state index is -1.02. The van der Waals surface area contributed by atoms with E-state index in [1.54, 1.807) is 12.1 Å². The summed E-state index contributed by atoms with van der Waals surface area (Å²) in [7, 11) is 0. The van der Waals surface area contributed by atoms with Gasteiger partial charge in [-0.2, -0.15) is 10.2 Å². The molecule has 168 valence electrons. The van der Waals surface area contributed by atoms with Crippen molar-refractivity contribution in [1.82, 2.24) is 9.97 Å². The summed E-state index contributed by atoms with van der Waals surface area (Å²) in [6.07, 6.45) is 4.06. The fraction of sp³-hybridized carbons (Fsp3) is 0.500. The van der Waals surface area contributed by atoms with Crippen molar-refractivity contribution in [2.45, 2.75) is 64.5 Å². The summed E-state index contributed by atoms with van der Waals surface area (Å²) in [6, 6.07) is 9.77. The second-order valence-corrected chi connectivity index (χ2v) is 8.68. The lowest BCUT2D eigenvalue weighted by Crippen LogP contribution is -2.46. The minimum absolute atomic E-state index is 0.234. The van der Waals surface area contributed by atoms with Crippen LogP contribution in [0.15, 0.2) is 29.1 Å². The van der Waals surface area contributed by atoms with Gasteiger partial charge in [-0.25, -0.2) is 0 Å². The third-order valence-corrected chi connectivity index (χ3v) is 6.40. The summed E-state index contributed by atoms with van der Waals surface area (Å²) < 4.78 is 5.64. The van der Waals surface area contributed by atoms with Gasteiger partial charge >= 0.3 is 0 Å². The number of rotatable bonds is 5. The lowest BCUT2D eigenvalue weighted by Gasteiger charge is -2.40. The van der Waals surface area contributed by atoms with E-state index in [-0.39, 0.29) is 23.5 Å². The normalized spacial score (nSPS) is 24.9. The molecule has 0 aliphatic carbocycles. The number of hydrogen-bond acceptors (Lipinski definition) is 6. The summed E-state index contributed by atoms with van der Waals surface area (Å²) in [5, 5.41) is 12.4. The molecule has 0 spiro atoms. The molecule has 0 bridgehead atoms. The number of benzene rings is 1. The number of piperidine rings is 1. The summed E-state index contributed by atoms with van der Waals surface area (Å²) >= 11 is 0. The predicted octanol–water partition coefficient (Wildman–Crippen LogP) is 3.55. The molecule has 0 saturated carbocycles. The molecular formula is C24H29N5O3. The van der Waals surface area contributed by atoms with E-state index in [9.17, 15) is 14.9 Å². The molecule has 4 rings (SSSR count). The first-order valence-corrected chi connectivity index (χ1v) is 11.3. The number of nitrogens with one attached hydrogen (secondary N) is 2. The first-order chi connectivity index (χ1) is 15.4. The van der Waals surface area contributed by atoms with Crippen LogP contribution in [0.3, 0.4) is 0 Å². The van der Waals surface area contributed by atoms with E-state index in [0.717, 1.165) is 25.7 Å². The van der Waals surface area contributed by atoms with Crippen LogP contribution in [0.1, 0.15) is 63.5 Å². The van der Waals surface area contributed by atoms with Crippen LogP contribution in [0, 0.1) is 17.2 Å². The van der Waals surface area contributed by atoms with Crippen LogP contribution < -0.4 is 20.5 Å². The van der Waals surface area contributed by atoms with Crippen molar-refractivity contribution in [3.05, 3.63) is 45.7 Å². The number of nitrogens with zero attached hydrogens (tertiary/aromatic N) is 3. The zero-order valence-electron chi connectivity index (χ0n) is 18.7. The van der Waals surface area contributed by atoms with Gasteiger partial charge in [0.05, 0.1) is 18.2 Å². The number of H-pyrrole nitrogens is 1. The van der Waals surface area contributed by atoms with Gasteiger partial charge in [-0.3, -0.25) is 14.6 Å². The Bertz CT molecular complexity index is 1080. The molecule has 2 aliphatic rings. The molecule has 0 radical (unpaired) electrons. The number of carbonyl (C=O) groups excluding carboxylic acids is 1. The fourth-order valence-corrected chi connectivity index (χ4v) is 4.81. The van der Waals surface area contributed by atoms with Crippen molar-refractivity contribution in [3.8, 4) is 11.8 Å². The number of fused-ring (bicyclic) bond motifs is 1. The van der Waals surface area contributed by atoms with Crippen molar-refractivity contribution < 1.29 is 9.53 Å². The maximum absolute atomic E-state index is 13.3. The SMILES string of the molecule is CCCOc1ccc(C2c3c(nc(N4C(C)CCCC4C)[nH]c3=O)NC(=O)C2C#N)cc1. The van der Waals surface area contributed by atoms with Crippen LogP contribution in [-0.4, -0.2) is 34.6 Å². The fourth-order valence-electron chi connectivity index (χ4n) is 4.81. The summed E-state index contributed by atoms with van der Waals surface area (Å²) in [5.41, 5.74) is 0.697. The monoisotopic (exact) mass is 435 g/mol. The Morgan fingerprint density at radius 3 is 2.50 bits per heavy atom. The van der Waals surface area contributed by atoms with E-state index in [0.29, 0.717) is 29.4 Å². The number of aromatic amines is 1. The van der Waals surface area contributed by atoms with E-state index in [1.165, 1.54) is 0 Å². The zero-order chi connectivity index (χ0) is 22.8. The number of anilines is 2. The lowest BCUT2D eigenvalue weighted by atomic mass is 9.79. The Kier molecular flexibility index (Phi) is 6.17. The van der Waals surface area contributed by atoms with Crippen LogP contribution >= 0.6 is 0 Å². The molecule has 32 heavy (non-hydrogen) atoms. The second-order valence-electron chi connectivity index (χ2n) is 8.68. The standard InChI is InChI=1S/C24H29N5O3/c1-4-12-32-17-10-8-16(9-11-17)19-18(13-25)22(30)26-21-20(19)23(31)28-24(27-21)29-14(2)6-5-7-15(29)3/h8-11,14-15,18-19H,4-7,12H2,1-3H3,(H2,26,27,28,30,31). The number of aromatic nitrogens is 2. The molecule has 1 saturated heterocycles. The largest absolute Gasteiger partial charge is 0.494 e. The van der Waals surface area contributed by atoms with Crippen LogP contribution in [0.2, 0.25) is 0 Å². The van der Waals surface area contributed by atoms with E-state index in [4.69, 9.17) is 4.74 Å². The van der Waals surface area contributed by atoms with Crippen LogP contribution in [0.5, 0.6) is 5.75 Å². The van der Waals surface area contributed by atoms with Crippen molar-refractivity contribution in [3.63, 3.8) is 0 Å². The zero-order valence-corrected chi connectivity index (χ0v) is 18.7. The molecule has 2 aromatic rings. The van der Waals surface area contributed by atoms with Gasteiger partial charge in [0.1, 0.15) is 17.5 Å². The molecule has 3 heterocycles. The average molecular weight is 436 g/mol. The van der Waals surface area contributed by atoms with E-state index in [2.05, 4.69) is 40.1 Å². The third-order valence-electron chi connectivity index (χ3n) is 6.40. The first-order valence-electron chi connectivity index (χ1n) is 11.3. The number of nitriles is 1. The molecule has 2 aliphatic heterocycles. The third kappa shape index (κ3) is 3.95. The molecule has 1 aromatic carbocycles. The maximum Gasteiger partial charge on any atom is 0.258 e. The Labute approximate surface area is 187 Å². The Morgan fingerprint density at radius 1 is 1.19 bits per heavy atom. The van der Waals surface area contributed by atoms with E-state index in [1.807, 2.05) is 19.1 Å². The van der Waals surface area contributed by atoms with Gasteiger partial charge in [-0.1, -0.05) is 19.1 Å². The van der Waals surface area contributed by atoms with Crippen LogP contribution in [0.4, 0.5) is 11.8 Å². The van der Waals surface area contributed by atoms with E-state index >= 15 is 0 Å². The van der Waals surface area contributed by atoms with Crippen molar-refractivity contribution in [1.29, 1.82) is 5.26 Å². The average Bonchev–Trinajstić information content (AvgIpc) is 2.77. The molecule has 1 amide bonds. The number of ether oxygens (including phenoxy) is 1. The number of amides is 1. The van der Waals surface area contributed by atoms with Gasteiger partial charge in [0, 0.05) is 18.0 Å². The van der Waals surface area contributed by atoms with Crippen molar-refractivity contribution in [2.24, 2.45) is 5.92 Å². The summed E-state index contributed by atoms with van der Waals surface area (Å²) in [5.74, 6) is -0.759. The Hall–Kier alpha value is -3.34. The molecule has 2 N–H and O–H groups in total. The van der Waals surface area contributed by atoms with Gasteiger partial charge in [0.2, 0.25) is 11.9 Å². The molecular weight excluding hydrogens is 406 g/mol. The molecule has 4 unspecified atom stereocenters. The maximum atomic E-state index is 13.3. The highest BCUT2D eigenvalue weighted by Gasteiger charge is 2.41. The van der Waals surface area contributed by atoms with Crippen molar-refractivity contribution in [2.75, 3.05) is 16.8 Å². The minimum Gasteiger partial charge on any atom is -0.494 e. The van der Waals surface area contributed by atoms with Crippen LogP contribution in [0.25, 0.3) is 0 Å². The van der Waals surface area contributed by atoms with Gasteiger partial charge in [-0.15, -0.1) is 0 Å². The first kappa shape index (κ1) is 21.9. The highest BCUT2D eigenvalue weighted by molar-refractivity contribution is 5.98. The van der Waals surface area contributed by atoms with Crippen LogP contribution in [-0.2, 0) is 4.79 Å². The predicted molar refractivity (Wildman–Crippen MR) is 122 cm³/mol. The Morgan fingerprint density at radius 2 is 1.88 bits per heavy atom. The molecule has 4 atom stereocenters. The second kappa shape index (κ2) is 9.03. The number of hydrogen-bond donors (Lipinski definition) is 2. The quantitative estimate of drug-likeness (QED) is 0.743. The summed E-state index contributed by atoms with van der Waals surface area (Å²) in [4.78, 5) is 35.8. The molecule has 1 fully saturated rings. The topological polar surface area (TPSA) is 111 Å². The molecule has 8 heteroatoms.